The average Bonchev–Trinajstić information content (AvgIpc) is 2.39. The molecule has 2 aromatic rings. The van der Waals surface area contributed by atoms with Crippen molar-refractivity contribution in [2.75, 3.05) is 0 Å². The van der Waals surface area contributed by atoms with Gasteiger partial charge >= 0.3 is 0 Å². The summed E-state index contributed by atoms with van der Waals surface area (Å²) in [6.45, 7) is 2.01. The van der Waals surface area contributed by atoms with E-state index in [0.29, 0.717) is 11.4 Å². The third-order valence-electron chi connectivity index (χ3n) is 3.54. The molecule has 1 aliphatic rings. The molecule has 104 valence electrons. The standard InChI is InChI=1S/C16H14BrClO2/c1-9-2-5-15-12(6-9)14(19)8-16(20-15)11-4-3-10(18)7-13(11)17/h2-7,14,16,19H,8H2,1H3/t14-,16?/m0/s1. The molecule has 3 rings (SSSR count). The molecule has 2 nitrogen and oxygen atoms in total. The molecule has 20 heavy (non-hydrogen) atoms. The fraction of sp³-hybridized carbons (Fsp3) is 0.250. The molecule has 0 aromatic heterocycles. The second-order valence-electron chi connectivity index (χ2n) is 5.07. The van der Waals surface area contributed by atoms with E-state index in [1.165, 1.54) is 0 Å². The quantitative estimate of drug-likeness (QED) is 0.784. The minimum atomic E-state index is -0.508. The largest absolute Gasteiger partial charge is 0.485 e. The molecular formula is C16H14BrClO2. The fourth-order valence-corrected chi connectivity index (χ4v) is 3.46. The van der Waals surface area contributed by atoms with Gasteiger partial charge in [0, 0.05) is 27.0 Å². The van der Waals surface area contributed by atoms with Crippen molar-refractivity contribution in [1.29, 1.82) is 0 Å². The van der Waals surface area contributed by atoms with E-state index in [2.05, 4.69) is 15.9 Å². The second kappa shape index (κ2) is 5.40. The first kappa shape index (κ1) is 13.9. The highest BCUT2D eigenvalue weighted by Crippen LogP contribution is 2.43. The highest BCUT2D eigenvalue weighted by Gasteiger charge is 2.29. The number of aliphatic hydroxyl groups excluding tert-OH is 1. The summed E-state index contributed by atoms with van der Waals surface area (Å²) in [5.74, 6) is 0.751. The highest BCUT2D eigenvalue weighted by molar-refractivity contribution is 9.10. The van der Waals surface area contributed by atoms with Gasteiger partial charge in [-0.05, 0) is 31.2 Å². The zero-order valence-electron chi connectivity index (χ0n) is 10.9. The Hall–Kier alpha value is -1.03. The number of rotatable bonds is 1. The van der Waals surface area contributed by atoms with Crippen molar-refractivity contribution < 1.29 is 9.84 Å². The molecule has 0 bridgehead atoms. The summed E-state index contributed by atoms with van der Waals surface area (Å²) in [6.07, 6.45) is -0.144. The Morgan fingerprint density at radius 2 is 2.00 bits per heavy atom. The number of aryl methyl sites for hydroxylation is 1. The Morgan fingerprint density at radius 1 is 1.20 bits per heavy atom. The van der Waals surface area contributed by atoms with Crippen LogP contribution in [0.15, 0.2) is 40.9 Å². The minimum absolute atomic E-state index is 0.174. The molecule has 0 saturated heterocycles. The highest BCUT2D eigenvalue weighted by atomic mass is 79.9. The number of aliphatic hydroxyl groups is 1. The maximum atomic E-state index is 10.3. The maximum Gasteiger partial charge on any atom is 0.128 e. The van der Waals surface area contributed by atoms with Gasteiger partial charge in [0.25, 0.3) is 0 Å². The van der Waals surface area contributed by atoms with Crippen molar-refractivity contribution in [2.45, 2.75) is 25.6 Å². The summed E-state index contributed by atoms with van der Waals surface area (Å²) in [5, 5.41) is 11.0. The molecule has 0 saturated carbocycles. The molecule has 1 N–H and O–H groups in total. The van der Waals surface area contributed by atoms with Crippen LogP contribution >= 0.6 is 27.5 Å². The van der Waals surface area contributed by atoms with E-state index in [-0.39, 0.29) is 6.10 Å². The van der Waals surface area contributed by atoms with E-state index < -0.39 is 6.10 Å². The number of hydrogen-bond donors (Lipinski definition) is 1. The minimum Gasteiger partial charge on any atom is -0.485 e. The topological polar surface area (TPSA) is 29.5 Å². The Morgan fingerprint density at radius 3 is 2.75 bits per heavy atom. The first-order chi connectivity index (χ1) is 9.54. The molecule has 4 heteroatoms. The summed E-state index contributed by atoms with van der Waals surface area (Å²) < 4.78 is 6.93. The second-order valence-corrected chi connectivity index (χ2v) is 6.36. The molecule has 2 atom stereocenters. The third kappa shape index (κ3) is 2.58. The number of ether oxygens (including phenoxy) is 1. The number of hydrogen-bond acceptors (Lipinski definition) is 2. The molecule has 0 aliphatic carbocycles. The summed E-state index contributed by atoms with van der Waals surface area (Å²) >= 11 is 9.47. The first-order valence-electron chi connectivity index (χ1n) is 6.45. The SMILES string of the molecule is Cc1ccc2c(c1)[C@@H](O)CC(c1ccc(Cl)cc1Br)O2. The Kier molecular flexibility index (Phi) is 3.76. The van der Waals surface area contributed by atoms with Crippen molar-refractivity contribution in [2.24, 2.45) is 0 Å². The van der Waals surface area contributed by atoms with E-state index in [0.717, 1.165) is 26.9 Å². The van der Waals surface area contributed by atoms with E-state index in [4.69, 9.17) is 16.3 Å². The van der Waals surface area contributed by atoms with E-state index >= 15 is 0 Å². The van der Waals surface area contributed by atoms with Crippen molar-refractivity contribution in [3.63, 3.8) is 0 Å². The van der Waals surface area contributed by atoms with Crippen LogP contribution in [0.1, 0.15) is 35.3 Å². The van der Waals surface area contributed by atoms with E-state index in [1.54, 1.807) is 0 Å². The van der Waals surface area contributed by atoms with Gasteiger partial charge in [0.15, 0.2) is 0 Å². The van der Waals surface area contributed by atoms with Crippen LogP contribution in [0.3, 0.4) is 0 Å². The molecule has 2 aromatic carbocycles. The monoisotopic (exact) mass is 352 g/mol. The number of benzene rings is 2. The Bertz CT molecular complexity index is 657. The van der Waals surface area contributed by atoms with Crippen molar-refractivity contribution in [3.05, 3.63) is 62.6 Å². The van der Waals surface area contributed by atoms with Gasteiger partial charge in [-0.25, -0.2) is 0 Å². The van der Waals surface area contributed by atoms with Crippen molar-refractivity contribution in [1.82, 2.24) is 0 Å². The zero-order chi connectivity index (χ0) is 14.3. The third-order valence-corrected chi connectivity index (χ3v) is 4.46. The van der Waals surface area contributed by atoms with Crippen LogP contribution < -0.4 is 4.74 Å². The number of fused-ring (bicyclic) bond motifs is 1. The van der Waals surface area contributed by atoms with Crippen LogP contribution in [-0.4, -0.2) is 5.11 Å². The lowest BCUT2D eigenvalue weighted by Gasteiger charge is -2.30. The smallest absolute Gasteiger partial charge is 0.128 e. The molecule has 0 fully saturated rings. The van der Waals surface area contributed by atoms with Crippen molar-refractivity contribution in [3.8, 4) is 5.75 Å². The Labute approximate surface area is 131 Å². The molecule has 1 heterocycles. The van der Waals surface area contributed by atoms with Gasteiger partial charge in [-0.15, -0.1) is 0 Å². The Balaban J connectivity index is 1.97. The van der Waals surface area contributed by atoms with Crippen LogP contribution in [0.25, 0.3) is 0 Å². The predicted molar refractivity (Wildman–Crippen MR) is 83.3 cm³/mol. The molecule has 0 amide bonds. The van der Waals surface area contributed by atoms with E-state index in [9.17, 15) is 5.11 Å². The van der Waals surface area contributed by atoms with Gasteiger partial charge in [-0.2, -0.15) is 0 Å². The summed E-state index contributed by atoms with van der Waals surface area (Å²) in [7, 11) is 0. The van der Waals surface area contributed by atoms with Gasteiger partial charge in [0.2, 0.25) is 0 Å². The predicted octanol–water partition coefficient (Wildman–Crippen LogP) is 4.97. The van der Waals surface area contributed by atoms with E-state index in [1.807, 2.05) is 43.3 Å². The zero-order valence-corrected chi connectivity index (χ0v) is 13.3. The normalized spacial score (nSPS) is 21.2. The number of halogens is 2. The lowest BCUT2D eigenvalue weighted by Crippen LogP contribution is -2.19. The van der Waals surface area contributed by atoms with Gasteiger partial charge in [-0.1, -0.05) is 45.2 Å². The van der Waals surface area contributed by atoms with Crippen LogP contribution in [0, 0.1) is 6.92 Å². The van der Waals surface area contributed by atoms with Gasteiger partial charge in [0.05, 0.1) is 6.10 Å². The summed E-state index contributed by atoms with van der Waals surface area (Å²) in [5.41, 5.74) is 2.99. The van der Waals surface area contributed by atoms with Crippen LogP contribution in [-0.2, 0) is 0 Å². The fourth-order valence-electron chi connectivity index (χ4n) is 2.52. The van der Waals surface area contributed by atoms with Gasteiger partial charge in [-0.3, -0.25) is 0 Å². The van der Waals surface area contributed by atoms with Crippen LogP contribution in [0.2, 0.25) is 5.02 Å². The van der Waals surface area contributed by atoms with Crippen molar-refractivity contribution >= 4 is 27.5 Å². The summed E-state index contributed by atoms with van der Waals surface area (Å²) in [6, 6.07) is 11.5. The van der Waals surface area contributed by atoms with Gasteiger partial charge in [0.1, 0.15) is 11.9 Å². The molecule has 1 unspecified atom stereocenters. The molecule has 0 spiro atoms. The lowest BCUT2D eigenvalue weighted by atomic mass is 9.94. The summed E-state index contributed by atoms with van der Waals surface area (Å²) in [4.78, 5) is 0. The first-order valence-corrected chi connectivity index (χ1v) is 7.62. The van der Waals surface area contributed by atoms with Crippen LogP contribution in [0.4, 0.5) is 0 Å². The van der Waals surface area contributed by atoms with Crippen LogP contribution in [0.5, 0.6) is 5.75 Å². The maximum absolute atomic E-state index is 10.3. The average molecular weight is 354 g/mol. The lowest BCUT2D eigenvalue weighted by molar-refractivity contribution is 0.0653. The molecular weight excluding hydrogens is 340 g/mol. The molecule has 0 radical (unpaired) electrons. The van der Waals surface area contributed by atoms with Gasteiger partial charge < -0.3 is 9.84 Å². The molecule has 1 aliphatic heterocycles.